The molecule has 2 amide bonds. The molecular weight excluding hydrogens is 322 g/mol. The van der Waals surface area contributed by atoms with Crippen LogP contribution < -0.4 is 20.1 Å². The van der Waals surface area contributed by atoms with Crippen LogP contribution in [0.2, 0.25) is 0 Å². The van der Waals surface area contributed by atoms with Gasteiger partial charge in [0.15, 0.2) is 23.4 Å². The van der Waals surface area contributed by atoms with E-state index in [2.05, 4.69) is 25.4 Å². The number of hydrogen-bond donors (Lipinski definition) is 2. The minimum absolute atomic E-state index is 0.207. The second-order valence-corrected chi connectivity index (χ2v) is 6.20. The maximum Gasteiger partial charge on any atom is 0.315 e. The van der Waals surface area contributed by atoms with Gasteiger partial charge in [0.2, 0.25) is 0 Å². The lowest BCUT2D eigenvalue weighted by atomic mass is 10.2. The summed E-state index contributed by atoms with van der Waals surface area (Å²) in [7, 11) is 0. The lowest BCUT2D eigenvalue weighted by molar-refractivity contribution is 0.0918. The zero-order valence-corrected chi connectivity index (χ0v) is 13.9. The monoisotopic (exact) mass is 343 g/mol. The molecule has 0 saturated heterocycles. The van der Waals surface area contributed by atoms with Crippen molar-refractivity contribution >= 4 is 6.03 Å². The van der Waals surface area contributed by atoms with E-state index in [1.807, 2.05) is 24.3 Å². The number of carbonyl (C=O) groups is 1. The fraction of sp³-hybridized carbons (Fsp3) is 0.471. The molecule has 132 valence electrons. The van der Waals surface area contributed by atoms with E-state index in [1.165, 1.54) is 0 Å². The minimum Gasteiger partial charge on any atom is -0.486 e. The number of nitrogens with zero attached hydrogens (tertiary/aromatic N) is 3. The van der Waals surface area contributed by atoms with Crippen LogP contribution in [0.1, 0.15) is 24.5 Å². The maximum absolute atomic E-state index is 12.0. The van der Waals surface area contributed by atoms with E-state index < -0.39 is 0 Å². The number of nitrogens with one attached hydrogen (secondary N) is 2. The van der Waals surface area contributed by atoms with Crippen LogP contribution in [0.5, 0.6) is 11.5 Å². The van der Waals surface area contributed by atoms with E-state index in [0.29, 0.717) is 25.4 Å². The van der Waals surface area contributed by atoms with Crippen molar-refractivity contribution in [1.29, 1.82) is 0 Å². The number of hydrogen-bond acceptors (Lipinski definition) is 5. The Hall–Kier alpha value is -2.77. The Morgan fingerprint density at radius 1 is 1.20 bits per heavy atom. The predicted octanol–water partition coefficient (Wildman–Crippen LogP) is 1.25. The standard InChI is InChI=1S/C17H21N5O3/c23-17(19-10-16-21-20-15-7-3-4-8-22(15)16)18-9-12-11-24-13-5-1-2-6-14(13)25-12/h1-2,5-6,12H,3-4,7-11H2,(H2,18,19,23)/t12-/m1/s1. The summed E-state index contributed by atoms with van der Waals surface area (Å²) in [5.41, 5.74) is 0. The molecular formula is C17H21N5O3. The molecule has 2 aliphatic rings. The number of ether oxygens (including phenoxy) is 2. The Kier molecular flexibility index (Phi) is 4.41. The van der Waals surface area contributed by atoms with Gasteiger partial charge in [-0.05, 0) is 25.0 Å². The van der Waals surface area contributed by atoms with Gasteiger partial charge in [-0.15, -0.1) is 10.2 Å². The predicted molar refractivity (Wildman–Crippen MR) is 89.6 cm³/mol. The van der Waals surface area contributed by atoms with Crippen molar-refractivity contribution in [3.05, 3.63) is 35.9 Å². The van der Waals surface area contributed by atoms with Gasteiger partial charge in [-0.1, -0.05) is 12.1 Å². The summed E-state index contributed by atoms with van der Waals surface area (Å²) in [5.74, 6) is 3.25. The molecule has 0 unspecified atom stereocenters. The zero-order chi connectivity index (χ0) is 17.1. The first-order valence-electron chi connectivity index (χ1n) is 8.61. The summed E-state index contributed by atoms with van der Waals surface area (Å²) < 4.78 is 13.5. The van der Waals surface area contributed by atoms with E-state index in [-0.39, 0.29) is 12.1 Å². The Morgan fingerprint density at radius 2 is 2.08 bits per heavy atom. The van der Waals surface area contributed by atoms with E-state index in [4.69, 9.17) is 9.47 Å². The molecule has 2 aliphatic heterocycles. The molecule has 2 aromatic rings. The summed E-state index contributed by atoms with van der Waals surface area (Å²) >= 11 is 0. The molecule has 1 aromatic carbocycles. The maximum atomic E-state index is 12.0. The van der Waals surface area contributed by atoms with Crippen molar-refractivity contribution in [2.75, 3.05) is 13.2 Å². The fourth-order valence-electron chi connectivity index (χ4n) is 3.09. The quantitative estimate of drug-likeness (QED) is 0.872. The molecule has 8 nitrogen and oxygen atoms in total. The van der Waals surface area contributed by atoms with E-state index in [1.54, 1.807) is 0 Å². The van der Waals surface area contributed by atoms with Crippen molar-refractivity contribution < 1.29 is 14.3 Å². The van der Waals surface area contributed by atoms with Gasteiger partial charge in [0.25, 0.3) is 0 Å². The molecule has 4 rings (SSSR count). The third-order valence-corrected chi connectivity index (χ3v) is 4.40. The van der Waals surface area contributed by atoms with E-state index in [0.717, 1.165) is 43.2 Å². The molecule has 0 bridgehead atoms. The van der Waals surface area contributed by atoms with Gasteiger partial charge >= 0.3 is 6.03 Å². The van der Waals surface area contributed by atoms with Crippen molar-refractivity contribution in [1.82, 2.24) is 25.4 Å². The zero-order valence-electron chi connectivity index (χ0n) is 13.9. The number of aromatic nitrogens is 3. The minimum atomic E-state index is -0.254. The molecule has 0 fully saturated rings. The highest BCUT2D eigenvalue weighted by Gasteiger charge is 2.21. The normalized spacial score (nSPS) is 18.3. The average Bonchev–Trinajstić information content (AvgIpc) is 3.08. The van der Waals surface area contributed by atoms with Crippen LogP contribution in [-0.4, -0.2) is 40.1 Å². The van der Waals surface area contributed by atoms with Crippen LogP contribution in [0.4, 0.5) is 4.79 Å². The van der Waals surface area contributed by atoms with Crippen LogP contribution in [0.3, 0.4) is 0 Å². The number of para-hydroxylation sites is 2. The number of urea groups is 1. The number of rotatable bonds is 4. The van der Waals surface area contributed by atoms with Gasteiger partial charge in [-0.25, -0.2) is 4.79 Å². The van der Waals surface area contributed by atoms with Crippen molar-refractivity contribution in [2.45, 2.75) is 38.5 Å². The fourth-order valence-corrected chi connectivity index (χ4v) is 3.09. The number of benzene rings is 1. The van der Waals surface area contributed by atoms with Gasteiger partial charge in [0.1, 0.15) is 12.4 Å². The first kappa shape index (κ1) is 15.7. The molecule has 25 heavy (non-hydrogen) atoms. The largest absolute Gasteiger partial charge is 0.486 e. The highest BCUT2D eigenvalue weighted by molar-refractivity contribution is 5.73. The van der Waals surface area contributed by atoms with Crippen molar-refractivity contribution in [2.24, 2.45) is 0 Å². The molecule has 1 aromatic heterocycles. The Balaban J connectivity index is 1.24. The summed E-state index contributed by atoms with van der Waals surface area (Å²) in [6.45, 7) is 2.07. The number of aryl methyl sites for hydroxylation is 1. The van der Waals surface area contributed by atoms with Crippen molar-refractivity contribution in [3.63, 3.8) is 0 Å². The lowest BCUT2D eigenvalue weighted by Gasteiger charge is -2.26. The summed E-state index contributed by atoms with van der Waals surface area (Å²) in [4.78, 5) is 12.0. The van der Waals surface area contributed by atoms with Crippen LogP contribution >= 0.6 is 0 Å². The lowest BCUT2D eigenvalue weighted by Crippen LogP contribution is -2.44. The first-order valence-corrected chi connectivity index (χ1v) is 8.61. The summed E-state index contributed by atoms with van der Waals surface area (Å²) in [5, 5.41) is 14.0. The third-order valence-electron chi connectivity index (χ3n) is 4.40. The topological polar surface area (TPSA) is 90.3 Å². The molecule has 0 saturated carbocycles. The van der Waals surface area contributed by atoms with E-state index >= 15 is 0 Å². The summed E-state index contributed by atoms with van der Waals surface area (Å²) in [6.07, 6.45) is 3.03. The average molecular weight is 343 g/mol. The van der Waals surface area contributed by atoms with E-state index in [9.17, 15) is 4.79 Å². The van der Waals surface area contributed by atoms with Crippen LogP contribution in [0.25, 0.3) is 0 Å². The summed E-state index contributed by atoms with van der Waals surface area (Å²) in [6, 6.07) is 7.26. The molecule has 1 atom stereocenters. The van der Waals surface area contributed by atoms with Gasteiger partial charge in [0.05, 0.1) is 13.1 Å². The van der Waals surface area contributed by atoms with Gasteiger partial charge < -0.3 is 24.7 Å². The molecule has 0 aliphatic carbocycles. The SMILES string of the molecule is O=C(NCc1nnc2n1CCCC2)NC[C@@H]1COc2ccccc2O1. The molecule has 8 heteroatoms. The third kappa shape index (κ3) is 3.52. The number of fused-ring (bicyclic) bond motifs is 2. The van der Waals surface area contributed by atoms with Crippen LogP contribution in [-0.2, 0) is 19.5 Å². The molecule has 2 N–H and O–H groups in total. The molecule has 3 heterocycles. The first-order chi connectivity index (χ1) is 12.3. The van der Waals surface area contributed by atoms with Gasteiger partial charge in [-0.2, -0.15) is 0 Å². The van der Waals surface area contributed by atoms with Crippen LogP contribution in [0.15, 0.2) is 24.3 Å². The second-order valence-electron chi connectivity index (χ2n) is 6.20. The number of amides is 2. The highest BCUT2D eigenvalue weighted by atomic mass is 16.6. The van der Waals surface area contributed by atoms with Gasteiger partial charge in [-0.3, -0.25) is 0 Å². The Labute approximate surface area is 145 Å². The molecule has 0 radical (unpaired) electrons. The Bertz CT molecular complexity index is 760. The second kappa shape index (κ2) is 7.00. The highest BCUT2D eigenvalue weighted by Crippen LogP contribution is 2.30. The smallest absolute Gasteiger partial charge is 0.315 e. The number of carbonyl (C=O) groups excluding carboxylic acids is 1. The molecule has 0 spiro atoms. The van der Waals surface area contributed by atoms with Gasteiger partial charge in [0, 0.05) is 13.0 Å². The van der Waals surface area contributed by atoms with Crippen molar-refractivity contribution in [3.8, 4) is 11.5 Å². The Morgan fingerprint density at radius 3 is 3.00 bits per heavy atom. The van der Waals surface area contributed by atoms with Crippen LogP contribution in [0, 0.1) is 0 Å².